The van der Waals surface area contributed by atoms with Crippen LogP contribution in [0.5, 0.6) is 0 Å². The summed E-state index contributed by atoms with van der Waals surface area (Å²) in [6.45, 7) is 2.98. The zero-order chi connectivity index (χ0) is 10.4. The maximum atomic E-state index is 5.58. The van der Waals surface area contributed by atoms with E-state index in [-0.39, 0.29) is 0 Å². The van der Waals surface area contributed by atoms with Crippen molar-refractivity contribution in [2.75, 3.05) is 13.6 Å². The SMILES string of the molecule is CNC1=CC=CCC=C1C(C)CCN. The lowest BCUT2D eigenvalue weighted by Gasteiger charge is -2.17. The molecule has 78 valence electrons. The summed E-state index contributed by atoms with van der Waals surface area (Å²) in [6, 6.07) is 0. The van der Waals surface area contributed by atoms with Crippen LogP contribution in [0.3, 0.4) is 0 Å². The summed E-state index contributed by atoms with van der Waals surface area (Å²) in [5, 5.41) is 3.23. The summed E-state index contributed by atoms with van der Waals surface area (Å²) in [5.74, 6) is 0.540. The van der Waals surface area contributed by atoms with Crippen molar-refractivity contribution in [2.24, 2.45) is 11.7 Å². The van der Waals surface area contributed by atoms with E-state index in [2.05, 4.69) is 36.5 Å². The van der Waals surface area contributed by atoms with Crippen molar-refractivity contribution >= 4 is 0 Å². The minimum Gasteiger partial charge on any atom is -0.388 e. The molecular weight excluding hydrogens is 172 g/mol. The summed E-state index contributed by atoms with van der Waals surface area (Å²) >= 11 is 0. The van der Waals surface area contributed by atoms with Crippen LogP contribution in [0.1, 0.15) is 19.8 Å². The molecule has 1 aliphatic rings. The number of hydrogen-bond donors (Lipinski definition) is 2. The van der Waals surface area contributed by atoms with Crippen LogP contribution >= 0.6 is 0 Å². The largest absolute Gasteiger partial charge is 0.388 e. The van der Waals surface area contributed by atoms with Crippen LogP contribution in [0.2, 0.25) is 0 Å². The summed E-state index contributed by atoms with van der Waals surface area (Å²) < 4.78 is 0. The molecule has 0 aromatic carbocycles. The van der Waals surface area contributed by atoms with Gasteiger partial charge in [0.05, 0.1) is 0 Å². The molecule has 0 fully saturated rings. The predicted octanol–water partition coefficient (Wildman–Crippen LogP) is 1.96. The molecule has 0 aliphatic heterocycles. The van der Waals surface area contributed by atoms with Crippen LogP contribution in [-0.4, -0.2) is 13.6 Å². The molecule has 0 radical (unpaired) electrons. The van der Waals surface area contributed by atoms with E-state index in [1.54, 1.807) is 0 Å². The third-order valence-electron chi connectivity index (χ3n) is 2.58. The van der Waals surface area contributed by atoms with Gasteiger partial charge in [0.2, 0.25) is 0 Å². The first kappa shape index (κ1) is 11.1. The lowest BCUT2D eigenvalue weighted by Crippen LogP contribution is -2.15. The van der Waals surface area contributed by atoms with E-state index in [0.29, 0.717) is 5.92 Å². The number of nitrogens with one attached hydrogen (secondary N) is 1. The van der Waals surface area contributed by atoms with Gasteiger partial charge in [0.15, 0.2) is 0 Å². The molecule has 14 heavy (non-hydrogen) atoms. The highest BCUT2D eigenvalue weighted by molar-refractivity contribution is 5.36. The van der Waals surface area contributed by atoms with Crippen LogP contribution < -0.4 is 11.1 Å². The fourth-order valence-corrected chi connectivity index (χ4v) is 1.74. The molecule has 0 spiro atoms. The Morgan fingerprint density at radius 2 is 2.36 bits per heavy atom. The van der Waals surface area contributed by atoms with Gasteiger partial charge < -0.3 is 11.1 Å². The normalized spacial score (nSPS) is 18.2. The van der Waals surface area contributed by atoms with Crippen LogP contribution in [-0.2, 0) is 0 Å². The van der Waals surface area contributed by atoms with Gasteiger partial charge in [0, 0.05) is 12.7 Å². The monoisotopic (exact) mass is 192 g/mol. The summed E-state index contributed by atoms with van der Waals surface area (Å²) in [5.41, 5.74) is 8.19. The van der Waals surface area contributed by atoms with Gasteiger partial charge in [-0.2, -0.15) is 0 Å². The van der Waals surface area contributed by atoms with E-state index in [0.717, 1.165) is 19.4 Å². The molecule has 1 unspecified atom stereocenters. The third kappa shape index (κ3) is 2.74. The van der Waals surface area contributed by atoms with Crippen molar-refractivity contribution in [3.05, 3.63) is 35.6 Å². The zero-order valence-electron chi connectivity index (χ0n) is 9.09. The molecule has 0 heterocycles. The lowest BCUT2D eigenvalue weighted by atomic mass is 9.94. The van der Waals surface area contributed by atoms with E-state index in [1.165, 1.54) is 11.3 Å². The van der Waals surface area contributed by atoms with Gasteiger partial charge in [-0.05, 0) is 37.0 Å². The molecule has 2 heteroatoms. The van der Waals surface area contributed by atoms with Crippen LogP contribution in [0.15, 0.2) is 35.6 Å². The Kier molecular flexibility index (Phi) is 4.47. The molecule has 0 bridgehead atoms. The number of allylic oxidation sites excluding steroid dienone is 5. The lowest BCUT2D eigenvalue weighted by molar-refractivity contribution is 0.619. The third-order valence-corrected chi connectivity index (χ3v) is 2.58. The molecule has 0 aromatic heterocycles. The van der Waals surface area contributed by atoms with Crippen molar-refractivity contribution < 1.29 is 0 Å². The van der Waals surface area contributed by atoms with Gasteiger partial charge in [0.25, 0.3) is 0 Å². The van der Waals surface area contributed by atoms with Gasteiger partial charge in [-0.3, -0.25) is 0 Å². The van der Waals surface area contributed by atoms with E-state index in [4.69, 9.17) is 5.73 Å². The van der Waals surface area contributed by atoms with Gasteiger partial charge >= 0.3 is 0 Å². The second-order valence-electron chi connectivity index (χ2n) is 3.63. The highest BCUT2D eigenvalue weighted by atomic mass is 14.8. The quantitative estimate of drug-likeness (QED) is 0.714. The first-order valence-corrected chi connectivity index (χ1v) is 5.24. The average molecular weight is 192 g/mol. The van der Waals surface area contributed by atoms with Crippen molar-refractivity contribution in [2.45, 2.75) is 19.8 Å². The highest BCUT2D eigenvalue weighted by Crippen LogP contribution is 2.22. The number of nitrogens with two attached hydrogens (primary N) is 1. The predicted molar refractivity (Wildman–Crippen MR) is 61.8 cm³/mol. The number of hydrogen-bond acceptors (Lipinski definition) is 2. The summed E-state index contributed by atoms with van der Waals surface area (Å²) in [7, 11) is 1.97. The fraction of sp³-hybridized carbons (Fsp3) is 0.500. The van der Waals surface area contributed by atoms with Crippen molar-refractivity contribution in [3.8, 4) is 0 Å². The Bertz CT molecular complexity index is 261. The standard InChI is InChI=1S/C12H20N2/c1-10(8-9-13)11-6-4-3-5-7-12(11)14-2/h3,5-7,10,14H,4,8-9,13H2,1-2H3. The van der Waals surface area contributed by atoms with Crippen LogP contribution in [0.4, 0.5) is 0 Å². The minimum atomic E-state index is 0.540. The maximum absolute atomic E-state index is 5.58. The van der Waals surface area contributed by atoms with Crippen molar-refractivity contribution in [3.63, 3.8) is 0 Å². The molecule has 0 aromatic rings. The molecule has 3 N–H and O–H groups in total. The minimum absolute atomic E-state index is 0.540. The molecular formula is C12H20N2. The Morgan fingerprint density at radius 1 is 1.57 bits per heavy atom. The second-order valence-corrected chi connectivity index (χ2v) is 3.63. The molecule has 0 amide bonds. The first-order valence-electron chi connectivity index (χ1n) is 5.24. The molecule has 0 saturated heterocycles. The molecule has 0 saturated carbocycles. The molecule has 1 atom stereocenters. The van der Waals surface area contributed by atoms with Gasteiger partial charge in [-0.25, -0.2) is 0 Å². The van der Waals surface area contributed by atoms with Crippen molar-refractivity contribution in [1.82, 2.24) is 5.32 Å². The van der Waals surface area contributed by atoms with E-state index in [1.807, 2.05) is 7.05 Å². The van der Waals surface area contributed by atoms with E-state index >= 15 is 0 Å². The maximum Gasteiger partial charge on any atom is 0.0369 e. The van der Waals surface area contributed by atoms with Crippen molar-refractivity contribution in [1.29, 1.82) is 0 Å². The average Bonchev–Trinajstić information content (AvgIpc) is 2.42. The Hall–Kier alpha value is -1.02. The zero-order valence-corrected chi connectivity index (χ0v) is 9.09. The molecule has 2 nitrogen and oxygen atoms in total. The topological polar surface area (TPSA) is 38.0 Å². The molecule has 1 aliphatic carbocycles. The van der Waals surface area contributed by atoms with Gasteiger partial charge in [-0.1, -0.05) is 25.2 Å². The highest BCUT2D eigenvalue weighted by Gasteiger charge is 2.11. The smallest absolute Gasteiger partial charge is 0.0369 e. The van der Waals surface area contributed by atoms with Crippen LogP contribution in [0, 0.1) is 5.92 Å². The number of rotatable bonds is 4. The van der Waals surface area contributed by atoms with Gasteiger partial charge in [-0.15, -0.1) is 0 Å². The fourth-order valence-electron chi connectivity index (χ4n) is 1.74. The summed E-state index contributed by atoms with van der Waals surface area (Å²) in [4.78, 5) is 0. The summed E-state index contributed by atoms with van der Waals surface area (Å²) in [6.07, 6.45) is 10.7. The second kappa shape index (κ2) is 5.66. The van der Waals surface area contributed by atoms with Gasteiger partial charge in [0.1, 0.15) is 0 Å². The Balaban J connectivity index is 2.78. The Labute approximate surface area is 86.6 Å². The van der Waals surface area contributed by atoms with E-state index < -0.39 is 0 Å². The Morgan fingerprint density at radius 3 is 3.00 bits per heavy atom. The number of likely N-dealkylation sites (N-methyl/N-ethyl adjacent to an activating group) is 1. The van der Waals surface area contributed by atoms with Crippen LogP contribution in [0.25, 0.3) is 0 Å². The van der Waals surface area contributed by atoms with E-state index in [9.17, 15) is 0 Å². The first-order chi connectivity index (χ1) is 6.79. The molecule has 1 rings (SSSR count).